The van der Waals surface area contributed by atoms with Crippen LogP contribution in [0.4, 0.5) is 4.79 Å². The van der Waals surface area contributed by atoms with Crippen LogP contribution < -0.4 is 16.0 Å². The Morgan fingerprint density at radius 2 is 2.24 bits per heavy atom. The van der Waals surface area contributed by atoms with Gasteiger partial charge in [0.05, 0.1) is 28.1 Å². The van der Waals surface area contributed by atoms with Gasteiger partial charge < -0.3 is 25.4 Å². The summed E-state index contributed by atoms with van der Waals surface area (Å²) >= 11 is 5.65. The van der Waals surface area contributed by atoms with Crippen molar-refractivity contribution in [3.8, 4) is 0 Å². The van der Waals surface area contributed by atoms with Crippen molar-refractivity contribution < 1.29 is 19.1 Å². The summed E-state index contributed by atoms with van der Waals surface area (Å²) < 4.78 is 12.0. The first kappa shape index (κ1) is 21.4. The summed E-state index contributed by atoms with van der Waals surface area (Å²) in [5, 5.41) is 9.01. The van der Waals surface area contributed by atoms with Crippen LogP contribution >= 0.6 is 45.7 Å². The third-order valence-corrected chi connectivity index (χ3v) is 8.97. The number of rotatable bonds is 5. The number of hydrogen-bond donors (Lipinski definition) is 3. The molecule has 4 rings (SSSR count). The molecule has 10 heteroatoms. The number of esters is 1. The highest BCUT2D eigenvalue weighted by Gasteiger charge is 2.43. The van der Waals surface area contributed by atoms with E-state index in [0.29, 0.717) is 32.8 Å². The van der Waals surface area contributed by atoms with Crippen molar-refractivity contribution in [3.63, 3.8) is 0 Å². The van der Waals surface area contributed by atoms with Crippen molar-refractivity contribution in [3.05, 3.63) is 29.4 Å². The zero-order chi connectivity index (χ0) is 20.4. The number of urea groups is 1. The number of thiophene rings is 1. The monoisotopic (exact) mass is 549 g/mol. The molecule has 0 spiro atoms. The maximum absolute atomic E-state index is 12.7. The van der Waals surface area contributed by atoms with Crippen LogP contribution in [0.25, 0.3) is 0 Å². The zero-order valence-corrected chi connectivity index (χ0v) is 19.9. The number of ether oxygens (including phenoxy) is 2. The standard InChI is InChI=1S/C19H24IN3O4S2/c1-2-27-18(24)15-11-4-6-26-9-14(11)29-17(15)23-19(25)22-7-12-10-3-5-21-8-13(10)28-16(12)20/h15,17,21H,2-9H2,1H3,(H2,22,23,25). The molecule has 4 heterocycles. The van der Waals surface area contributed by atoms with Crippen LogP contribution in [0.5, 0.6) is 0 Å². The molecule has 0 radical (unpaired) electrons. The minimum atomic E-state index is -0.440. The van der Waals surface area contributed by atoms with Crippen LogP contribution in [0, 0.1) is 8.80 Å². The van der Waals surface area contributed by atoms with Gasteiger partial charge in [-0.1, -0.05) is 0 Å². The van der Waals surface area contributed by atoms with Gasteiger partial charge in [-0.15, -0.1) is 23.1 Å². The molecule has 0 fully saturated rings. The van der Waals surface area contributed by atoms with E-state index in [4.69, 9.17) is 9.47 Å². The first-order valence-corrected chi connectivity index (χ1v) is 12.5. The fraction of sp³-hybridized carbons (Fsp3) is 0.579. The Morgan fingerprint density at radius 1 is 1.38 bits per heavy atom. The molecule has 3 aliphatic heterocycles. The molecular formula is C19H24IN3O4S2. The molecule has 0 bridgehead atoms. The topological polar surface area (TPSA) is 88.7 Å². The summed E-state index contributed by atoms with van der Waals surface area (Å²) in [5.41, 5.74) is 3.64. The molecule has 0 aliphatic carbocycles. The highest BCUT2D eigenvalue weighted by molar-refractivity contribution is 14.1. The number of carbonyl (C=O) groups is 2. The maximum Gasteiger partial charge on any atom is 0.316 e. The highest BCUT2D eigenvalue weighted by Crippen LogP contribution is 2.44. The lowest BCUT2D eigenvalue weighted by Crippen LogP contribution is -2.45. The number of thioether (sulfide) groups is 1. The van der Waals surface area contributed by atoms with Gasteiger partial charge in [-0.05, 0) is 65.6 Å². The van der Waals surface area contributed by atoms with Crippen LogP contribution in [-0.4, -0.2) is 43.7 Å². The lowest BCUT2D eigenvalue weighted by Gasteiger charge is -2.22. The van der Waals surface area contributed by atoms with E-state index >= 15 is 0 Å². The fourth-order valence-electron chi connectivity index (χ4n) is 3.92. The Kier molecular flexibility index (Phi) is 7.05. The first-order valence-electron chi connectivity index (χ1n) is 9.75. The number of carbonyl (C=O) groups excluding carboxylic acids is 2. The van der Waals surface area contributed by atoms with Crippen molar-refractivity contribution in [1.29, 1.82) is 0 Å². The van der Waals surface area contributed by atoms with Crippen LogP contribution in [0.15, 0.2) is 10.5 Å². The average Bonchev–Trinajstić information content (AvgIpc) is 3.22. The number of hydrogen-bond acceptors (Lipinski definition) is 7. The minimum absolute atomic E-state index is 0.262. The summed E-state index contributed by atoms with van der Waals surface area (Å²) in [6, 6.07) is -0.262. The van der Waals surface area contributed by atoms with Gasteiger partial charge in [0.2, 0.25) is 0 Å². The van der Waals surface area contributed by atoms with Gasteiger partial charge in [0, 0.05) is 22.9 Å². The van der Waals surface area contributed by atoms with E-state index < -0.39 is 5.92 Å². The summed E-state index contributed by atoms with van der Waals surface area (Å²) in [6.07, 6.45) is 1.70. The third-order valence-electron chi connectivity index (χ3n) is 5.28. The molecule has 158 valence electrons. The first-order chi connectivity index (χ1) is 14.1. The van der Waals surface area contributed by atoms with E-state index in [-0.39, 0.29) is 17.4 Å². The number of fused-ring (bicyclic) bond motifs is 1. The van der Waals surface area contributed by atoms with Gasteiger partial charge in [0.25, 0.3) is 0 Å². The largest absolute Gasteiger partial charge is 0.465 e. The van der Waals surface area contributed by atoms with Gasteiger partial charge in [0.15, 0.2) is 0 Å². The van der Waals surface area contributed by atoms with Crippen molar-refractivity contribution in [2.45, 2.75) is 38.2 Å². The average molecular weight is 549 g/mol. The summed E-state index contributed by atoms with van der Waals surface area (Å²) in [5.74, 6) is -0.712. The predicted molar refractivity (Wildman–Crippen MR) is 122 cm³/mol. The number of halogens is 1. The second-order valence-corrected chi connectivity index (χ2v) is 11.2. The Labute approximate surface area is 191 Å². The second-order valence-electron chi connectivity index (χ2n) is 7.03. The van der Waals surface area contributed by atoms with Crippen molar-refractivity contribution in [2.75, 3.05) is 26.4 Å². The molecule has 7 nitrogen and oxygen atoms in total. The SMILES string of the molecule is CCOC(=O)C1C2=C(COCC2)SC1NC(=O)NCc1c(I)sc2c1CCNC2. The van der Waals surface area contributed by atoms with Gasteiger partial charge in [-0.25, -0.2) is 4.79 Å². The summed E-state index contributed by atoms with van der Waals surface area (Å²) in [4.78, 5) is 27.6. The molecular weight excluding hydrogens is 525 g/mol. The van der Waals surface area contributed by atoms with Crippen LogP contribution in [0.2, 0.25) is 0 Å². The lowest BCUT2D eigenvalue weighted by atomic mass is 9.95. The Bertz CT molecular complexity index is 842. The van der Waals surface area contributed by atoms with Crippen LogP contribution in [-0.2, 0) is 33.8 Å². The Morgan fingerprint density at radius 3 is 3.07 bits per heavy atom. The molecule has 2 atom stereocenters. The fourth-order valence-corrected chi connectivity index (χ4v) is 7.71. The van der Waals surface area contributed by atoms with E-state index in [2.05, 4.69) is 38.5 Å². The molecule has 29 heavy (non-hydrogen) atoms. The quantitative estimate of drug-likeness (QED) is 0.387. The molecule has 2 unspecified atom stereocenters. The van der Waals surface area contributed by atoms with Crippen molar-refractivity contribution >= 4 is 57.7 Å². The Balaban J connectivity index is 1.40. The molecule has 0 saturated carbocycles. The van der Waals surface area contributed by atoms with E-state index in [1.807, 2.05) is 0 Å². The predicted octanol–water partition coefficient (Wildman–Crippen LogP) is 2.72. The molecule has 0 aromatic carbocycles. The van der Waals surface area contributed by atoms with E-state index in [0.717, 1.165) is 30.0 Å². The number of nitrogens with one attached hydrogen (secondary N) is 3. The third kappa shape index (κ3) is 4.60. The van der Waals surface area contributed by atoms with Gasteiger partial charge in [-0.3, -0.25) is 4.79 Å². The molecule has 0 saturated heterocycles. The maximum atomic E-state index is 12.7. The van der Waals surface area contributed by atoms with Gasteiger partial charge in [0.1, 0.15) is 5.92 Å². The zero-order valence-electron chi connectivity index (χ0n) is 16.1. The van der Waals surface area contributed by atoms with Crippen molar-refractivity contribution in [2.24, 2.45) is 5.92 Å². The molecule has 2 amide bonds. The summed E-state index contributed by atoms with van der Waals surface area (Å²) in [6.45, 7) is 5.60. The molecule has 3 N–H and O–H groups in total. The highest BCUT2D eigenvalue weighted by atomic mass is 127. The lowest BCUT2D eigenvalue weighted by molar-refractivity contribution is -0.146. The van der Waals surface area contributed by atoms with E-state index in [1.54, 1.807) is 18.3 Å². The smallest absolute Gasteiger partial charge is 0.316 e. The van der Waals surface area contributed by atoms with E-state index in [1.165, 1.54) is 30.6 Å². The van der Waals surface area contributed by atoms with Crippen molar-refractivity contribution in [1.82, 2.24) is 16.0 Å². The van der Waals surface area contributed by atoms with Crippen LogP contribution in [0.1, 0.15) is 29.3 Å². The number of amides is 2. The van der Waals surface area contributed by atoms with Crippen LogP contribution in [0.3, 0.4) is 0 Å². The van der Waals surface area contributed by atoms with E-state index in [9.17, 15) is 9.59 Å². The van der Waals surface area contributed by atoms with Gasteiger partial charge in [-0.2, -0.15) is 0 Å². The normalized spacial score (nSPS) is 23.4. The molecule has 3 aliphatic rings. The van der Waals surface area contributed by atoms with Gasteiger partial charge >= 0.3 is 12.0 Å². The Hall–Kier alpha value is -0.820. The molecule has 1 aromatic heterocycles. The second kappa shape index (κ2) is 9.54. The minimum Gasteiger partial charge on any atom is -0.465 e. The molecule has 1 aromatic rings. The summed E-state index contributed by atoms with van der Waals surface area (Å²) in [7, 11) is 0.